The van der Waals surface area contributed by atoms with Gasteiger partial charge in [0.25, 0.3) is 5.91 Å². The van der Waals surface area contributed by atoms with Crippen molar-refractivity contribution in [1.82, 2.24) is 14.7 Å². The molecular formula is C23H32ClN3O2. The second-order valence-corrected chi connectivity index (χ2v) is 9.11. The van der Waals surface area contributed by atoms with Gasteiger partial charge in [-0.1, -0.05) is 23.7 Å². The Morgan fingerprint density at radius 3 is 2.10 bits per heavy atom. The van der Waals surface area contributed by atoms with E-state index in [1.165, 1.54) is 6.42 Å². The molecule has 1 aromatic carbocycles. The summed E-state index contributed by atoms with van der Waals surface area (Å²) < 4.78 is 0. The van der Waals surface area contributed by atoms with Crippen molar-refractivity contribution >= 4 is 23.4 Å². The van der Waals surface area contributed by atoms with Gasteiger partial charge in [0, 0.05) is 38.1 Å². The molecule has 5 nitrogen and oxygen atoms in total. The van der Waals surface area contributed by atoms with E-state index in [0.29, 0.717) is 22.5 Å². The van der Waals surface area contributed by atoms with E-state index in [9.17, 15) is 9.59 Å². The van der Waals surface area contributed by atoms with Crippen LogP contribution in [0.15, 0.2) is 24.3 Å². The minimum Gasteiger partial charge on any atom is -0.342 e. The van der Waals surface area contributed by atoms with Gasteiger partial charge in [0.1, 0.15) is 0 Å². The Morgan fingerprint density at radius 1 is 0.793 bits per heavy atom. The van der Waals surface area contributed by atoms with E-state index >= 15 is 0 Å². The van der Waals surface area contributed by atoms with Gasteiger partial charge in [0.15, 0.2) is 0 Å². The minimum absolute atomic E-state index is 0.0416. The number of benzene rings is 1. The maximum atomic E-state index is 12.8. The molecule has 3 saturated heterocycles. The molecule has 0 atom stereocenters. The number of hydrogen-bond donors (Lipinski definition) is 0. The smallest absolute Gasteiger partial charge is 0.255 e. The summed E-state index contributed by atoms with van der Waals surface area (Å²) in [6.07, 6.45) is 7.55. The van der Waals surface area contributed by atoms with Gasteiger partial charge in [0.2, 0.25) is 5.91 Å². The van der Waals surface area contributed by atoms with E-state index < -0.39 is 0 Å². The number of likely N-dealkylation sites (tertiary alicyclic amines) is 3. The molecule has 0 saturated carbocycles. The number of amides is 2. The summed E-state index contributed by atoms with van der Waals surface area (Å²) >= 11 is 6.20. The highest BCUT2D eigenvalue weighted by Gasteiger charge is 2.33. The maximum Gasteiger partial charge on any atom is 0.255 e. The predicted molar refractivity (Wildman–Crippen MR) is 115 cm³/mol. The highest BCUT2D eigenvalue weighted by molar-refractivity contribution is 6.33. The van der Waals surface area contributed by atoms with Crippen LogP contribution in [0.2, 0.25) is 5.02 Å². The predicted octanol–water partition coefficient (Wildman–Crippen LogP) is 3.67. The van der Waals surface area contributed by atoms with E-state index in [1.54, 1.807) is 12.1 Å². The van der Waals surface area contributed by atoms with Crippen LogP contribution in [0.1, 0.15) is 55.3 Å². The largest absolute Gasteiger partial charge is 0.342 e. The third-order valence-corrected chi connectivity index (χ3v) is 7.25. The molecule has 0 radical (unpaired) electrons. The lowest BCUT2D eigenvalue weighted by Crippen LogP contribution is -2.50. The van der Waals surface area contributed by atoms with Gasteiger partial charge in [-0.15, -0.1) is 0 Å². The molecule has 6 heteroatoms. The van der Waals surface area contributed by atoms with Crippen LogP contribution in [-0.2, 0) is 4.79 Å². The van der Waals surface area contributed by atoms with Crippen LogP contribution in [0.5, 0.6) is 0 Å². The zero-order valence-corrected chi connectivity index (χ0v) is 17.9. The Labute approximate surface area is 179 Å². The van der Waals surface area contributed by atoms with Crippen molar-refractivity contribution < 1.29 is 9.59 Å². The highest BCUT2D eigenvalue weighted by atomic mass is 35.5. The molecule has 1 aromatic rings. The zero-order chi connectivity index (χ0) is 20.2. The normalized spacial score (nSPS) is 22.7. The first-order valence-electron chi connectivity index (χ1n) is 11.2. The van der Waals surface area contributed by atoms with E-state index in [4.69, 9.17) is 11.6 Å². The molecule has 0 N–H and O–H groups in total. The Hall–Kier alpha value is -1.59. The maximum absolute atomic E-state index is 12.8. The molecule has 3 fully saturated rings. The Kier molecular flexibility index (Phi) is 6.76. The molecule has 158 valence electrons. The average Bonchev–Trinajstić information content (AvgIpc) is 2.79. The van der Waals surface area contributed by atoms with Crippen molar-refractivity contribution in [3.63, 3.8) is 0 Å². The Morgan fingerprint density at radius 2 is 1.45 bits per heavy atom. The number of rotatable bonds is 3. The summed E-state index contributed by atoms with van der Waals surface area (Å²) in [6, 6.07) is 7.82. The summed E-state index contributed by atoms with van der Waals surface area (Å²) in [5, 5.41) is 0.528. The van der Waals surface area contributed by atoms with Crippen molar-refractivity contribution in [2.45, 2.75) is 51.0 Å². The fourth-order valence-corrected chi connectivity index (χ4v) is 5.34. The van der Waals surface area contributed by atoms with Crippen LogP contribution < -0.4 is 0 Å². The lowest BCUT2D eigenvalue weighted by molar-refractivity contribution is -0.138. The molecule has 0 spiro atoms. The standard InChI is InChI=1S/C23H32ClN3O2/c24-21-7-3-2-6-20(21)23(29)27-16-10-19(11-17-27)25-14-8-18(9-15-25)22(28)26-12-4-1-5-13-26/h2-3,6-7,18-19H,1,4-5,8-17H2. The number of nitrogens with zero attached hydrogens (tertiary/aromatic N) is 3. The lowest BCUT2D eigenvalue weighted by Gasteiger charge is -2.42. The van der Waals surface area contributed by atoms with Crippen LogP contribution in [0.4, 0.5) is 0 Å². The molecule has 3 heterocycles. The highest BCUT2D eigenvalue weighted by Crippen LogP contribution is 2.27. The number of hydrogen-bond acceptors (Lipinski definition) is 3. The van der Waals surface area contributed by atoms with E-state index in [0.717, 1.165) is 77.8 Å². The molecule has 0 bridgehead atoms. The zero-order valence-electron chi connectivity index (χ0n) is 17.2. The van der Waals surface area contributed by atoms with Crippen LogP contribution in [0, 0.1) is 5.92 Å². The fourth-order valence-electron chi connectivity index (χ4n) is 5.12. The first-order valence-corrected chi connectivity index (χ1v) is 11.6. The molecule has 0 aromatic heterocycles. The van der Waals surface area contributed by atoms with E-state index in [2.05, 4.69) is 9.80 Å². The molecule has 3 aliphatic heterocycles. The number of carbonyl (C=O) groups excluding carboxylic acids is 2. The monoisotopic (exact) mass is 417 g/mol. The third kappa shape index (κ3) is 4.77. The fraction of sp³-hybridized carbons (Fsp3) is 0.652. The summed E-state index contributed by atoms with van der Waals surface area (Å²) in [4.78, 5) is 32.1. The van der Waals surface area contributed by atoms with E-state index in [1.807, 2.05) is 17.0 Å². The number of piperidine rings is 3. The average molecular weight is 418 g/mol. The Balaban J connectivity index is 1.24. The van der Waals surface area contributed by atoms with Crippen molar-refractivity contribution in [2.75, 3.05) is 39.3 Å². The van der Waals surface area contributed by atoms with Crippen molar-refractivity contribution in [3.05, 3.63) is 34.9 Å². The molecule has 0 aliphatic carbocycles. The molecule has 29 heavy (non-hydrogen) atoms. The van der Waals surface area contributed by atoms with Gasteiger partial charge in [0.05, 0.1) is 10.6 Å². The first kappa shape index (κ1) is 20.7. The number of halogens is 1. The van der Waals surface area contributed by atoms with E-state index in [-0.39, 0.29) is 11.8 Å². The Bertz CT molecular complexity index is 719. The van der Waals surface area contributed by atoms with Crippen molar-refractivity contribution in [2.24, 2.45) is 5.92 Å². The summed E-state index contributed by atoms with van der Waals surface area (Å²) in [7, 11) is 0. The second kappa shape index (κ2) is 9.48. The molecular weight excluding hydrogens is 386 g/mol. The summed E-state index contributed by atoms with van der Waals surface area (Å²) in [5.74, 6) is 0.649. The molecule has 4 rings (SSSR count). The summed E-state index contributed by atoms with van der Waals surface area (Å²) in [6.45, 7) is 5.48. The quantitative estimate of drug-likeness (QED) is 0.753. The van der Waals surface area contributed by atoms with Gasteiger partial charge >= 0.3 is 0 Å². The van der Waals surface area contributed by atoms with Crippen LogP contribution in [0.3, 0.4) is 0 Å². The van der Waals surface area contributed by atoms with Crippen LogP contribution in [-0.4, -0.2) is 71.8 Å². The molecule has 2 amide bonds. The van der Waals surface area contributed by atoms with Gasteiger partial charge < -0.3 is 14.7 Å². The number of carbonyl (C=O) groups is 2. The second-order valence-electron chi connectivity index (χ2n) is 8.70. The van der Waals surface area contributed by atoms with Crippen LogP contribution in [0.25, 0.3) is 0 Å². The lowest BCUT2D eigenvalue weighted by atomic mass is 9.91. The van der Waals surface area contributed by atoms with Gasteiger partial charge in [-0.25, -0.2) is 0 Å². The van der Waals surface area contributed by atoms with Gasteiger partial charge in [-0.05, 0) is 70.2 Å². The first-order chi connectivity index (χ1) is 14.1. The molecule has 0 unspecified atom stereocenters. The van der Waals surface area contributed by atoms with Crippen molar-refractivity contribution in [3.8, 4) is 0 Å². The topological polar surface area (TPSA) is 43.9 Å². The van der Waals surface area contributed by atoms with Crippen molar-refractivity contribution in [1.29, 1.82) is 0 Å². The van der Waals surface area contributed by atoms with Crippen LogP contribution >= 0.6 is 11.6 Å². The SMILES string of the molecule is O=C(c1ccccc1Cl)N1CCC(N2CCC(C(=O)N3CCCCC3)CC2)CC1. The third-order valence-electron chi connectivity index (χ3n) is 6.92. The summed E-state index contributed by atoms with van der Waals surface area (Å²) in [5.41, 5.74) is 0.602. The van der Waals surface area contributed by atoms with Gasteiger partial charge in [-0.2, -0.15) is 0 Å². The molecule has 3 aliphatic rings. The van der Waals surface area contributed by atoms with Gasteiger partial charge in [-0.3, -0.25) is 9.59 Å². The minimum atomic E-state index is 0.0416.